The Hall–Kier alpha value is -0.930. The Bertz CT molecular complexity index is 411. The fourth-order valence-corrected chi connectivity index (χ4v) is 2.59. The van der Waals surface area contributed by atoms with Crippen LogP contribution in [-0.4, -0.2) is 12.2 Å². The molecule has 0 radical (unpaired) electrons. The van der Waals surface area contributed by atoms with Crippen LogP contribution in [-0.2, 0) is 11.3 Å². The molecule has 1 saturated carbocycles. The van der Waals surface area contributed by atoms with E-state index in [1.807, 2.05) is 0 Å². The Kier molecular flexibility index (Phi) is 4.72. The minimum Gasteiger partial charge on any atom is -0.446 e. The molecular weight excluding hydrogens is 273 g/mol. The van der Waals surface area contributed by atoms with Crippen LogP contribution in [0.15, 0.2) is 18.2 Å². The van der Waals surface area contributed by atoms with Gasteiger partial charge in [-0.2, -0.15) is 0 Å². The van der Waals surface area contributed by atoms with Crippen LogP contribution in [0.1, 0.15) is 31.2 Å². The lowest BCUT2D eigenvalue weighted by Gasteiger charge is -2.13. The second-order valence-electron chi connectivity index (χ2n) is 4.37. The van der Waals surface area contributed by atoms with Gasteiger partial charge in [0.2, 0.25) is 0 Å². The maximum absolute atomic E-state index is 11.6. The molecular formula is C13H15Cl2NO2. The van der Waals surface area contributed by atoms with Crippen molar-refractivity contribution in [3.63, 3.8) is 0 Å². The van der Waals surface area contributed by atoms with Gasteiger partial charge in [0.25, 0.3) is 0 Å². The van der Waals surface area contributed by atoms with Crippen LogP contribution in [0.5, 0.6) is 0 Å². The van der Waals surface area contributed by atoms with E-state index in [4.69, 9.17) is 27.9 Å². The van der Waals surface area contributed by atoms with Crippen molar-refractivity contribution in [3.05, 3.63) is 33.8 Å². The lowest BCUT2D eigenvalue weighted by Crippen LogP contribution is -2.27. The molecule has 3 nitrogen and oxygen atoms in total. The molecule has 0 aromatic heterocycles. The number of carbonyl (C=O) groups excluding carboxylic acids is 1. The Balaban J connectivity index is 1.85. The molecule has 0 bridgehead atoms. The number of hydrogen-bond donors (Lipinski definition) is 1. The SMILES string of the molecule is O=C(NCc1c(Cl)cccc1Cl)OC1CCCC1. The van der Waals surface area contributed by atoms with E-state index in [9.17, 15) is 4.79 Å². The zero-order valence-corrected chi connectivity index (χ0v) is 11.4. The molecule has 0 aliphatic heterocycles. The second kappa shape index (κ2) is 6.30. The molecule has 98 valence electrons. The van der Waals surface area contributed by atoms with Gasteiger partial charge in [-0.1, -0.05) is 29.3 Å². The highest BCUT2D eigenvalue weighted by Gasteiger charge is 2.19. The number of amides is 1. The maximum Gasteiger partial charge on any atom is 0.407 e. The third-order valence-electron chi connectivity index (χ3n) is 3.05. The molecule has 0 heterocycles. The zero-order valence-electron chi connectivity index (χ0n) is 9.92. The van der Waals surface area contributed by atoms with Crippen LogP contribution in [0.4, 0.5) is 4.79 Å². The van der Waals surface area contributed by atoms with Gasteiger partial charge in [0, 0.05) is 22.2 Å². The molecule has 2 rings (SSSR count). The number of halogens is 2. The van der Waals surface area contributed by atoms with Gasteiger partial charge in [-0.05, 0) is 37.8 Å². The Morgan fingerprint density at radius 3 is 2.50 bits per heavy atom. The number of rotatable bonds is 3. The number of alkyl carbamates (subject to hydrolysis) is 1. The largest absolute Gasteiger partial charge is 0.446 e. The average molecular weight is 288 g/mol. The molecule has 1 aromatic rings. The summed E-state index contributed by atoms with van der Waals surface area (Å²) < 4.78 is 5.28. The normalized spacial score (nSPS) is 15.7. The van der Waals surface area contributed by atoms with E-state index in [1.54, 1.807) is 18.2 Å². The molecule has 1 aliphatic carbocycles. The highest BCUT2D eigenvalue weighted by Crippen LogP contribution is 2.24. The number of nitrogens with one attached hydrogen (secondary N) is 1. The first-order valence-electron chi connectivity index (χ1n) is 6.04. The molecule has 5 heteroatoms. The van der Waals surface area contributed by atoms with Crippen LogP contribution >= 0.6 is 23.2 Å². The van der Waals surface area contributed by atoms with Crippen LogP contribution in [0, 0.1) is 0 Å². The van der Waals surface area contributed by atoms with Crippen molar-refractivity contribution in [1.29, 1.82) is 0 Å². The summed E-state index contributed by atoms with van der Waals surface area (Å²) in [6.07, 6.45) is 3.84. The Labute approximate surface area is 116 Å². The summed E-state index contributed by atoms with van der Waals surface area (Å²) >= 11 is 12.0. The van der Waals surface area contributed by atoms with E-state index in [0.717, 1.165) is 25.7 Å². The molecule has 1 N–H and O–H groups in total. The minimum atomic E-state index is -0.405. The quantitative estimate of drug-likeness (QED) is 0.906. The molecule has 1 aliphatic rings. The smallest absolute Gasteiger partial charge is 0.407 e. The van der Waals surface area contributed by atoms with Gasteiger partial charge in [-0.15, -0.1) is 0 Å². The van der Waals surface area contributed by atoms with E-state index in [1.165, 1.54) is 0 Å². The van der Waals surface area contributed by atoms with Crippen LogP contribution in [0.3, 0.4) is 0 Å². The number of carbonyl (C=O) groups is 1. The summed E-state index contributed by atoms with van der Waals surface area (Å²) in [4.78, 5) is 11.6. The predicted molar refractivity (Wildman–Crippen MR) is 72.0 cm³/mol. The summed E-state index contributed by atoms with van der Waals surface area (Å²) in [5, 5.41) is 3.77. The third-order valence-corrected chi connectivity index (χ3v) is 3.76. The van der Waals surface area contributed by atoms with Crippen molar-refractivity contribution in [2.45, 2.75) is 38.3 Å². The molecule has 1 fully saturated rings. The first-order valence-corrected chi connectivity index (χ1v) is 6.80. The van der Waals surface area contributed by atoms with Crippen molar-refractivity contribution in [2.24, 2.45) is 0 Å². The molecule has 1 aromatic carbocycles. The number of benzene rings is 1. The lowest BCUT2D eigenvalue weighted by atomic mass is 10.2. The van der Waals surface area contributed by atoms with E-state index in [2.05, 4.69) is 5.32 Å². The van der Waals surface area contributed by atoms with Gasteiger partial charge < -0.3 is 10.1 Å². The molecule has 0 atom stereocenters. The van der Waals surface area contributed by atoms with Crippen molar-refractivity contribution in [3.8, 4) is 0 Å². The summed E-state index contributed by atoms with van der Waals surface area (Å²) in [5.41, 5.74) is 0.712. The number of ether oxygens (including phenoxy) is 1. The standard InChI is InChI=1S/C13H15Cl2NO2/c14-11-6-3-7-12(15)10(11)8-16-13(17)18-9-4-1-2-5-9/h3,6-7,9H,1-2,4-5,8H2,(H,16,17). The lowest BCUT2D eigenvalue weighted by molar-refractivity contribution is 0.101. The first-order chi connectivity index (χ1) is 8.66. The predicted octanol–water partition coefficient (Wildman–Crippen LogP) is 4.16. The van der Waals surface area contributed by atoms with Gasteiger partial charge in [-0.3, -0.25) is 0 Å². The maximum atomic E-state index is 11.6. The third kappa shape index (κ3) is 3.53. The van der Waals surface area contributed by atoms with Gasteiger partial charge in [0.15, 0.2) is 0 Å². The van der Waals surface area contributed by atoms with Gasteiger partial charge in [0.1, 0.15) is 6.10 Å². The molecule has 0 saturated heterocycles. The fourth-order valence-electron chi connectivity index (χ4n) is 2.06. The monoisotopic (exact) mass is 287 g/mol. The summed E-state index contributed by atoms with van der Waals surface area (Å²) in [7, 11) is 0. The van der Waals surface area contributed by atoms with E-state index in [0.29, 0.717) is 15.6 Å². The van der Waals surface area contributed by atoms with Crippen molar-refractivity contribution in [1.82, 2.24) is 5.32 Å². The second-order valence-corrected chi connectivity index (χ2v) is 5.18. The molecule has 1 amide bonds. The first kappa shape index (κ1) is 13.5. The van der Waals surface area contributed by atoms with Gasteiger partial charge in [-0.25, -0.2) is 4.79 Å². The van der Waals surface area contributed by atoms with Gasteiger partial charge in [0.05, 0.1) is 0 Å². The molecule has 0 unspecified atom stereocenters. The van der Waals surface area contributed by atoms with Crippen LogP contribution in [0.2, 0.25) is 10.0 Å². The Morgan fingerprint density at radius 2 is 1.89 bits per heavy atom. The van der Waals surface area contributed by atoms with Crippen LogP contribution in [0.25, 0.3) is 0 Å². The molecule has 18 heavy (non-hydrogen) atoms. The van der Waals surface area contributed by atoms with Crippen molar-refractivity contribution in [2.75, 3.05) is 0 Å². The van der Waals surface area contributed by atoms with Gasteiger partial charge >= 0.3 is 6.09 Å². The molecule has 0 spiro atoms. The van der Waals surface area contributed by atoms with E-state index < -0.39 is 6.09 Å². The highest BCUT2D eigenvalue weighted by atomic mass is 35.5. The fraction of sp³-hybridized carbons (Fsp3) is 0.462. The summed E-state index contributed by atoms with van der Waals surface area (Å²) in [6, 6.07) is 5.25. The van der Waals surface area contributed by atoms with Crippen molar-refractivity contribution >= 4 is 29.3 Å². The highest BCUT2D eigenvalue weighted by molar-refractivity contribution is 6.35. The topological polar surface area (TPSA) is 38.3 Å². The minimum absolute atomic E-state index is 0.0618. The van der Waals surface area contributed by atoms with Crippen LogP contribution < -0.4 is 5.32 Å². The Morgan fingerprint density at radius 1 is 1.28 bits per heavy atom. The van der Waals surface area contributed by atoms with Crippen molar-refractivity contribution < 1.29 is 9.53 Å². The average Bonchev–Trinajstić information content (AvgIpc) is 2.81. The number of hydrogen-bond acceptors (Lipinski definition) is 2. The summed E-state index contributed by atoms with van der Waals surface area (Å²) in [5.74, 6) is 0. The van der Waals surface area contributed by atoms with E-state index >= 15 is 0 Å². The van der Waals surface area contributed by atoms with E-state index in [-0.39, 0.29) is 12.6 Å². The summed E-state index contributed by atoms with van der Waals surface area (Å²) in [6.45, 7) is 0.282. The zero-order chi connectivity index (χ0) is 13.0.